The van der Waals surface area contributed by atoms with Crippen LogP contribution in [-0.4, -0.2) is 100 Å². The number of esters is 1. The Morgan fingerprint density at radius 2 is 1.69 bits per heavy atom. The molecule has 1 N–H and O–H groups in total. The molecule has 4 amide bonds. The van der Waals surface area contributed by atoms with Crippen LogP contribution in [-0.2, 0) is 28.6 Å². The van der Waals surface area contributed by atoms with Crippen molar-refractivity contribution in [3.05, 3.63) is 107 Å². The quantitative estimate of drug-likeness (QED) is 0.126. The van der Waals surface area contributed by atoms with Gasteiger partial charge in [-0.2, -0.15) is 0 Å². The average molecular weight is 715 g/mol. The van der Waals surface area contributed by atoms with Gasteiger partial charge in [-0.1, -0.05) is 73.3 Å². The number of amides is 4. The van der Waals surface area contributed by atoms with E-state index in [0.29, 0.717) is 43.6 Å². The lowest BCUT2D eigenvalue weighted by atomic mass is 9.95. The van der Waals surface area contributed by atoms with E-state index in [-0.39, 0.29) is 18.6 Å². The van der Waals surface area contributed by atoms with E-state index in [1.54, 1.807) is 42.1 Å². The monoisotopic (exact) mass is 714 g/mol. The van der Waals surface area contributed by atoms with Gasteiger partial charge in [-0.05, 0) is 61.8 Å². The number of nitrogens with one attached hydrogen (secondary N) is 1. The van der Waals surface area contributed by atoms with Crippen LogP contribution in [0.15, 0.2) is 95.9 Å². The number of benzene rings is 2. The first-order valence-corrected chi connectivity index (χ1v) is 17.9. The third-order valence-corrected chi connectivity index (χ3v) is 10.2. The summed E-state index contributed by atoms with van der Waals surface area (Å²) in [6.07, 6.45) is 2.30. The van der Waals surface area contributed by atoms with Crippen LogP contribution in [0.25, 0.3) is 0 Å². The van der Waals surface area contributed by atoms with Crippen molar-refractivity contribution in [2.45, 2.75) is 68.8 Å². The third-order valence-electron chi connectivity index (χ3n) is 9.04. The van der Waals surface area contributed by atoms with Gasteiger partial charge in [-0.3, -0.25) is 9.59 Å². The van der Waals surface area contributed by atoms with Gasteiger partial charge in [0, 0.05) is 25.2 Å². The summed E-state index contributed by atoms with van der Waals surface area (Å²) in [5, 5.41) is 3.82. The van der Waals surface area contributed by atoms with Gasteiger partial charge >= 0.3 is 18.2 Å². The molecule has 4 aliphatic heterocycles. The Bertz CT molecular complexity index is 1700. The van der Waals surface area contributed by atoms with Gasteiger partial charge in [0.2, 0.25) is 11.8 Å². The van der Waals surface area contributed by atoms with Gasteiger partial charge in [0.05, 0.1) is 6.04 Å². The van der Waals surface area contributed by atoms with Gasteiger partial charge < -0.3 is 34.2 Å². The minimum atomic E-state index is -1.17. The molecule has 0 spiro atoms. The van der Waals surface area contributed by atoms with Crippen molar-refractivity contribution in [3.8, 4) is 0 Å². The molecule has 0 bridgehead atoms. The first-order valence-electron chi connectivity index (χ1n) is 17.0. The van der Waals surface area contributed by atoms with Crippen molar-refractivity contribution < 1.29 is 38.2 Å². The summed E-state index contributed by atoms with van der Waals surface area (Å²) < 4.78 is 16.8. The summed E-state index contributed by atoms with van der Waals surface area (Å²) in [6, 6.07) is 16.4. The molecule has 0 unspecified atom stereocenters. The number of β-lactam (4-membered cyclic amide) rings is 1. The number of rotatable bonds is 9. The zero-order valence-corrected chi connectivity index (χ0v) is 29.7. The molecule has 4 aliphatic rings. The highest BCUT2D eigenvalue weighted by molar-refractivity contribution is 8.03. The second kappa shape index (κ2) is 15.1. The molecule has 0 radical (unpaired) electrons. The maximum Gasteiger partial charge on any atom is 0.410 e. The molecule has 0 saturated carbocycles. The lowest BCUT2D eigenvalue weighted by Crippen LogP contribution is -2.74. The maximum atomic E-state index is 14.4. The maximum absolute atomic E-state index is 14.4. The van der Waals surface area contributed by atoms with E-state index in [4.69, 9.17) is 14.2 Å². The molecule has 3 fully saturated rings. The van der Waals surface area contributed by atoms with E-state index >= 15 is 0 Å². The Morgan fingerprint density at radius 1 is 1.02 bits per heavy atom. The van der Waals surface area contributed by atoms with Crippen LogP contribution in [0.4, 0.5) is 9.59 Å². The minimum absolute atomic E-state index is 0.113. The number of ether oxygens (including phenoxy) is 3. The van der Waals surface area contributed by atoms with E-state index in [0.717, 1.165) is 11.1 Å². The van der Waals surface area contributed by atoms with Crippen LogP contribution in [0.2, 0.25) is 0 Å². The van der Waals surface area contributed by atoms with E-state index < -0.39 is 53.2 Å². The highest BCUT2D eigenvalue weighted by Crippen LogP contribution is 2.42. The molecule has 12 nitrogen and oxygen atoms in total. The Morgan fingerprint density at radius 3 is 2.31 bits per heavy atom. The molecule has 4 heterocycles. The molecule has 3 saturated heterocycles. The lowest BCUT2D eigenvalue weighted by Gasteiger charge is -2.51. The van der Waals surface area contributed by atoms with Gasteiger partial charge in [0.25, 0.3) is 0 Å². The van der Waals surface area contributed by atoms with Crippen molar-refractivity contribution in [2.75, 3.05) is 26.2 Å². The number of fused-ring (bicyclic) bond motifs is 1. The van der Waals surface area contributed by atoms with Gasteiger partial charge in [-0.25, -0.2) is 14.4 Å². The second-order valence-corrected chi connectivity index (χ2v) is 14.7. The average Bonchev–Trinajstić information content (AvgIpc) is 3.75. The Hall–Kier alpha value is -5.04. The molecule has 0 aliphatic carbocycles. The van der Waals surface area contributed by atoms with Crippen molar-refractivity contribution in [3.63, 3.8) is 0 Å². The molecular weight excluding hydrogens is 673 g/mol. The topological polar surface area (TPSA) is 135 Å². The number of carbonyl (C=O) groups excluding carboxylic acids is 5. The van der Waals surface area contributed by atoms with E-state index in [2.05, 4.69) is 11.9 Å². The van der Waals surface area contributed by atoms with Crippen molar-refractivity contribution >= 4 is 41.7 Å². The predicted molar refractivity (Wildman–Crippen MR) is 190 cm³/mol. The predicted octanol–water partition coefficient (Wildman–Crippen LogP) is 4.94. The standard InChI is InChI=1S/C38H42N4O8S/c1-5-20-48-37(47)40-18-17-28(22-40)41-19-16-26(32(41)43)21-27-23-51-34-29(39-36(46)50-38(2,3)4)33(44)42(34)30(27)35(45)49-31(24-12-8-6-9-13-24)25-14-10-7-11-15-25/h5-15,21,23,28-31,34H,1,16-20,22H2,2-4H3,(H,39,46)/t28-,29-,30-,34-/m1/s1. The van der Waals surface area contributed by atoms with Gasteiger partial charge in [0.1, 0.15) is 23.6 Å². The van der Waals surface area contributed by atoms with Crippen LogP contribution < -0.4 is 5.32 Å². The fourth-order valence-corrected chi connectivity index (χ4v) is 7.87. The Labute approximate surface area is 301 Å². The number of thioether (sulfide) groups is 1. The highest BCUT2D eigenvalue weighted by atomic mass is 32.2. The van der Waals surface area contributed by atoms with Crippen LogP contribution in [0.1, 0.15) is 50.8 Å². The number of alkyl carbamates (subject to hydrolysis) is 1. The van der Waals surface area contributed by atoms with Crippen molar-refractivity contribution in [1.29, 1.82) is 0 Å². The fraction of sp³-hybridized carbons (Fsp3) is 0.395. The fourth-order valence-electron chi connectivity index (χ4n) is 6.67. The number of hydrogen-bond acceptors (Lipinski definition) is 9. The minimum Gasteiger partial charge on any atom is -0.451 e. The van der Waals surface area contributed by atoms with Gasteiger partial charge in [0.15, 0.2) is 12.1 Å². The van der Waals surface area contributed by atoms with E-state index in [1.165, 1.54) is 22.7 Å². The largest absolute Gasteiger partial charge is 0.451 e. The number of hydrogen-bond donors (Lipinski definition) is 1. The van der Waals surface area contributed by atoms with E-state index in [9.17, 15) is 24.0 Å². The summed E-state index contributed by atoms with van der Waals surface area (Å²) in [4.78, 5) is 71.6. The molecule has 2 aromatic rings. The molecule has 51 heavy (non-hydrogen) atoms. The highest BCUT2D eigenvalue weighted by Gasteiger charge is 2.56. The smallest absolute Gasteiger partial charge is 0.410 e. The number of nitrogens with zero attached hydrogens (tertiary/aromatic N) is 3. The van der Waals surface area contributed by atoms with Crippen LogP contribution >= 0.6 is 11.8 Å². The van der Waals surface area contributed by atoms with Crippen molar-refractivity contribution in [1.82, 2.24) is 20.0 Å². The van der Waals surface area contributed by atoms with Crippen LogP contribution in [0, 0.1) is 0 Å². The molecule has 4 atom stereocenters. The normalized spacial score (nSPS) is 23.8. The summed E-state index contributed by atoms with van der Waals surface area (Å²) in [5.41, 5.74) is 1.67. The third kappa shape index (κ3) is 7.83. The number of likely N-dealkylation sites (tertiary alicyclic amines) is 2. The molecule has 6 rings (SSSR count). The second-order valence-electron chi connectivity index (χ2n) is 13.7. The zero-order chi connectivity index (χ0) is 36.3. The molecule has 13 heteroatoms. The summed E-state index contributed by atoms with van der Waals surface area (Å²) in [5.74, 6) is -1.32. The van der Waals surface area contributed by atoms with Crippen LogP contribution in [0.5, 0.6) is 0 Å². The van der Waals surface area contributed by atoms with Crippen LogP contribution in [0.3, 0.4) is 0 Å². The Balaban J connectivity index is 1.26. The van der Waals surface area contributed by atoms with E-state index in [1.807, 2.05) is 60.7 Å². The molecule has 0 aromatic heterocycles. The van der Waals surface area contributed by atoms with Crippen molar-refractivity contribution in [2.24, 2.45) is 0 Å². The first kappa shape index (κ1) is 35.8. The summed E-state index contributed by atoms with van der Waals surface area (Å²) >= 11 is 1.28. The van der Waals surface area contributed by atoms with Gasteiger partial charge in [-0.15, -0.1) is 11.8 Å². The summed E-state index contributed by atoms with van der Waals surface area (Å²) in [7, 11) is 0. The first-order chi connectivity index (χ1) is 24.4. The molecule has 268 valence electrons. The Kier molecular flexibility index (Phi) is 10.6. The molecular formula is C38H42N4O8S. The molecule has 2 aromatic carbocycles. The zero-order valence-electron chi connectivity index (χ0n) is 28.9. The lowest BCUT2D eigenvalue weighted by molar-refractivity contribution is -0.164. The summed E-state index contributed by atoms with van der Waals surface area (Å²) in [6.45, 7) is 10.2. The SMILES string of the molecule is C=CCOC(=O)N1CC[C@@H](N2CCC(=CC3=CS[C@@H]4[C@H](NC(=O)OC(C)(C)C)C(=O)N4[C@H]3C(=O)OC(c3ccccc3)c3ccccc3)C2=O)C1. The number of carbonyl (C=O) groups is 5.